The second-order valence-electron chi connectivity index (χ2n) is 5.00. The van der Waals surface area contributed by atoms with Crippen LogP contribution < -0.4 is 5.32 Å². The Morgan fingerprint density at radius 1 is 1.39 bits per heavy atom. The molecule has 0 aliphatic heterocycles. The summed E-state index contributed by atoms with van der Waals surface area (Å²) in [5, 5.41) is 3.14. The van der Waals surface area contributed by atoms with Crippen molar-refractivity contribution < 1.29 is 8.42 Å². The molecule has 0 amide bonds. The predicted molar refractivity (Wildman–Crippen MR) is 72.0 cm³/mol. The summed E-state index contributed by atoms with van der Waals surface area (Å²) in [6.45, 7) is 0.685. The standard InChI is InChI=1S/C13H20N2O2S/c1-18(16,17)13-7-3-2-6-12(13)15-10-11-5-4-8-14-9-11/h4-5,8-9,12-13,15H,2-3,6-7,10H2,1H3/t12-,13-/m1/s1. The summed E-state index contributed by atoms with van der Waals surface area (Å²) in [4.78, 5) is 4.06. The molecule has 1 aromatic heterocycles. The van der Waals surface area contributed by atoms with Crippen LogP contribution in [0.5, 0.6) is 0 Å². The molecule has 1 saturated carbocycles. The number of sulfone groups is 1. The van der Waals surface area contributed by atoms with Crippen LogP contribution in [0.1, 0.15) is 31.2 Å². The van der Waals surface area contributed by atoms with E-state index in [4.69, 9.17) is 0 Å². The molecule has 1 aromatic rings. The van der Waals surface area contributed by atoms with Gasteiger partial charge >= 0.3 is 0 Å². The average Bonchev–Trinajstić information content (AvgIpc) is 2.37. The number of pyridine rings is 1. The Morgan fingerprint density at radius 3 is 2.83 bits per heavy atom. The summed E-state index contributed by atoms with van der Waals surface area (Å²) in [6, 6.07) is 3.97. The third-order valence-electron chi connectivity index (χ3n) is 3.54. The number of nitrogens with zero attached hydrogens (tertiary/aromatic N) is 1. The van der Waals surface area contributed by atoms with Gasteiger partial charge in [-0.3, -0.25) is 4.98 Å². The molecule has 1 fully saturated rings. The van der Waals surface area contributed by atoms with Gasteiger partial charge in [-0.2, -0.15) is 0 Å². The second kappa shape index (κ2) is 5.80. The van der Waals surface area contributed by atoms with Crippen molar-refractivity contribution in [3.8, 4) is 0 Å². The Bertz CT molecular complexity index is 473. The molecule has 1 heterocycles. The van der Waals surface area contributed by atoms with E-state index in [2.05, 4.69) is 10.3 Å². The maximum atomic E-state index is 11.8. The van der Waals surface area contributed by atoms with E-state index in [0.29, 0.717) is 6.54 Å². The Morgan fingerprint density at radius 2 is 2.17 bits per heavy atom. The predicted octanol–water partition coefficient (Wildman–Crippen LogP) is 1.53. The van der Waals surface area contributed by atoms with E-state index in [1.54, 1.807) is 6.20 Å². The highest BCUT2D eigenvalue weighted by atomic mass is 32.2. The summed E-state index contributed by atoms with van der Waals surface area (Å²) in [7, 11) is -2.96. The molecule has 0 aromatic carbocycles. The molecule has 0 spiro atoms. The van der Waals surface area contributed by atoms with Gasteiger partial charge in [-0.1, -0.05) is 18.9 Å². The minimum absolute atomic E-state index is 0.0777. The smallest absolute Gasteiger partial charge is 0.151 e. The fraction of sp³-hybridized carbons (Fsp3) is 0.615. The summed E-state index contributed by atoms with van der Waals surface area (Å²) in [5.41, 5.74) is 1.09. The SMILES string of the molecule is CS(=O)(=O)[C@@H]1CCCC[C@H]1NCc1cccnc1. The molecular weight excluding hydrogens is 248 g/mol. The van der Waals surface area contributed by atoms with Gasteiger partial charge in [0, 0.05) is 31.2 Å². The van der Waals surface area contributed by atoms with Crippen molar-refractivity contribution in [3.63, 3.8) is 0 Å². The van der Waals surface area contributed by atoms with Gasteiger partial charge in [0.05, 0.1) is 5.25 Å². The molecule has 0 radical (unpaired) electrons. The van der Waals surface area contributed by atoms with Gasteiger partial charge < -0.3 is 5.32 Å². The first-order valence-electron chi connectivity index (χ1n) is 6.38. The Labute approximate surface area is 109 Å². The summed E-state index contributed by atoms with van der Waals surface area (Å²) in [5.74, 6) is 0. The van der Waals surface area contributed by atoms with Crippen molar-refractivity contribution in [2.75, 3.05) is 6.26 Å². The largest absolute Gasteiger partial charge is 0.309 e. The molecule has 18 heavy (non-hydrogen) atoms. The highest BCUT2D eigenvalue weighted by molar-refractivity contribution is 7.91. The van der Waals surface area contributed by atoms with Gasteiger partial charge in [0.2, 0.25) is 0 Å². The Balaban J connectivity index is 1.98. The van der Waals surface area contributed by atoms with E-state index in [1.807, 2.05) is 18.3 Å². The van der Waals surface area contributed by atoms with Gasteiger partial charge in [0.25, 0.3) is 0 Å². The first-order valence-corrected chi connectivity index (χ1v) is 8.34. The van der Waals surface area contributed by atoms with Crippen LogP contribution in [-0.2, 0) is 16.4 Å². The molecule has 0 unspecified atom stereocenters. The van der Waals surface area contributed by atoms with E-state index >= 15 is 0 Å². The first-order chi connectivity index (χ1) is 8.57. The van der Waals surface area contributed by atoms with E-state index < -0.39 is 9.84 Å². The summed E-state index contributed by atoms with van der Waals surface area (Å²) < 4.78 is 23.5. The van der Waals surface area contributed by atoms with Crippen LogP contribution in [0.4, 0.5) is 0 Å². The van der Waals surface area contributed by atoms with Crippen LogP contribution in [0.3, 0.4) is 0 Å². The number of aromatic nitrogens is 1. The molecule has 0 saturated heterocycles. The van der Waals surface area contributed by atoms with E-state index in [-0.39, 0.29) is 11.3 Å². The lowest BCUT2D eigenvalue weighted by atomic mass is 9.94. The molecule has 4 nitrogen and oxygen atoms in total. The first kappa shape index (κ1) is 13.5. The van der Waals surface area contributed by atoms with Crippen LogP contribution in [-0.4, -0.2) is 30.9 Å². The molecule has 2 rings (SSSR count). The van der Waals surface area contributed by atoms with Crippen LogP contribution in [0.15, 0.2) is 24.5 Å². The van der Waals surface area contributed by atoms with Gasteiger partial charge in [-0.15, -0.1) is 0 Å². The highest BCUT2D eigenvalue weighted by Gasteiger charge is 2.32. The zero-order valence-corrected chi connectivity index (χ0v) is 11.5. The van der Waals surface area contributed by atoms with Gasteiger partial charge in [-0.05, 0) is 24.5 Å². The molecule has 0 bridgehead atoms. The van der Waals surface area contributed by atoms with Gasteiger partial charge in [0.1, 0.15) is 0 Å². The van der Waals surface area contributed by atoms with Crippen LogP contribution in [0.25, 0.3) is 0 Å². The van der Waals surface area contributed by atoms with Gasteiger partial charge in [0.15, 0.2) is 9.84 Å². The van der Waals surface area contributed by atoms with Crippen molar-refractivity contribution in [2.24, 2.45) is 0 Å². The molecule has 1 aliphatic rings. The Hall–Kier alpha value is -0.940. The average molecular weight is 268 g/mol. The highest BCUT2D eigenvalue weighted by Crippen LogP contribution is 2.24. The summed E-state index contributed by atoms with van der Waals surface area (Å²) in [6.07, 6.45) is 8.75. The van der Waals surface area contributed by atoms with Crippen molar-refractivity contribution >= 4 is 9.84 Å². The zero-order chi connectivity index (χ0) is 13.0. The molecule has 1 aliphatic carbocycles. The van der Waals surface area contributed by atoms with Crippen molar-refractivity contribution in [1.82, 2.24) is 10.3 Å². The van der Waals surface area contributed by atoms with E-state index in [0.717, 1.165) is 31.2 Å². The normalized spacial score (nSPS) is 24.9. The molecule has 5 heteroatoms. The fourth-order valence-electron chi connectivity index (χ4n) is 2.59. The lowest BCUT2D eigenvalue weighted by Crippen LogP contribution is -2.45. The van der Waals surface area contributed by atoms with Gasteiger partial charge in [-0.25, -0.2) is 8.42 Å². The minimum Gasteiger partial charge on any atom is -0.309 e. The van der Waals surface area contributed by atoms with Crippen LogP contribution in [0, 0.1) is 0 Å². The lowest BCUT2D eigenvalue weighted by Gasteiger charge is -2.31. The zero-order valence-electron chi connectivity index (χ0n) is 10.7. The van der Waals surface area contributed by atoms with E-state index in [1.165, 1.54) is 6.26 Å². The van der Waals surface area contributed by atoms with Crippen molar-refractivity contribution in [2.45, 2.75) is 43.5 Å². The quantitative estimate of drug-likeness (QED) is 0.899. The number of hydrogen-bond donors (Lipinski definition) is 1. The topological polar surface area (TPSA) is 59.1 Å². The monoisotopic (exact) mass is 268 g/mol. The number of nitrogens with one attached hydrogen (secondary N) is 1. The number of rotatable bonds is 4. The fourth-order valence-corrected chi connectivity index (χ4v) is 4.02. The molecule has 2 atom stereocenters. The van der Waals surface area contributed by atoms with Crippen LogP contribution >= 0.6 is 0 Å². The second-order valence-corrected chi connectivity index (χ2v) is 7.27. The summed E-state index contributed by atoms with van der Waals surface area (Å²) >= 11 is 0. The Kier molecular flexibility index (Phi) is 4.35. The lowest BCUT2D eigenvalue weighted by molar-refractivity contribution is 0.370. The number of hydrogen-bond acceptors (Lipinski definition) is 4. The third kappa shape index (κ3) is 3.53. The maximum absolute atomic E-state index is 11.8. The molecule has 100 valence electrons. The maximum Gasteiger partial charge on any atom is 0.151 e. The van der Waals surface area contributed by atoms with Crippen molar-refractivity contribution in [1.29, 1.82) is 0 Å². The minimum atomic E-state index is -2.96. The van der Waals surface area contributed by atoms with E-state index in [9.17, 15) is 8.42 Å². The van der Waals surface area contributed by atoms with Crippen molar-refractivity contribution in [3.05, 3.63) is 30.1 Å². The molecular formula is C13H20N2O2S. The van der Waals surface area contributed by atoms with Crippen LogP contribution in [0.2, 0.25) is 0 Å². The third-order valence-corrected chi connectivity index (χ3v) is 5.21. The molecule has 1 N–H and O–H groups in total.